The second kappa shape index (κ2) is 9.09. The van der Waals surface area contributed by atoms with Crippen LogP contribution < -0.4 is 5.32 Å². The van der Waals surface area contributed by atoms with Gasteiger partial charge >= 0.3 is 5.97 Å². The van der Waals surface area contributed by atoms with Crippen LogP contribution in [0.1, 0.15) is 49.4 Å². The van der Waals surface area contributed by atoms with Crippen LogP contribution in [0.4, 0.5) is 0 Å². The molecular formula is C18H21Cl2NO3. The average molecular weight is 370 g/mol. The van der Waals surface area contributed by atoms with Gasteiger partial charge in [0.05, 0.1) is 10.6 Å². The van der Waals surface area contributed by atoms with Gasteiger partial charge in [0, 0.05) is 11.6 Å². The molecule has 0 saturated carbocycles. The van der Waals surface area contributed by atoms with E-state index in [1.54, 1.807) is 6.07 Å². The highest BCUT2D eigenvalue weighted by molar-refractivity contribution is 6.36. The third kappa shape index (κ3) is 5.53. The van der Waals surface area contributed by atoms with Gasteiger partial charge in [-0.15, -0.1) is 0 Å². The van der Waals surface area contributed by atoms with Crippen LogP contribution in [-0.2, 0) is 9.53 Å². The van der Waals surface area contributed by atoms with Gasteiger partial charge in [0.2, 0.25) is 0 Å². The maximum absolute atomic E-state index is 12.1. The first-order chi connectivity index (χ1) is 11.5. The first-order valence-corrected chi connectivity index (χ1v) is 8.84. The summed E-state index contributed by atoms with van der Waals surface area (Å²) in [7, 11) is 0. The molecule has 0 spiro atoms. The largest absolute Gasteiger partial charge is 0.449 e. The van der Waals surface area contributed by atoms with Crippen molar-refractivity contribution in [3.05, 3.63) is 45.5 Å². The molecule has 0 bridgehead atoms. The molecule has 6 heteroatoms. The fourth-order valence-corrected chi connectivity index (χ4v) is 3.04. The molecule has 1 aromatic rings. The Morgan fingerprint density at radius 1 is 1.29 bits per heavy atom. The Balaban J connectivity index is 1.80. The number of benzene rings is 1. The summed E-state index contributed by atoms with van der Waals surface area (Å²) in [5.41, 5.74) is 1.58. The van der Waals surface area contributed by atoms with Crippen molar-refractivity contribution in [2.75, 3.05) is 6.54 Å². The molecule has 2 rings (SSSR count). The van der Waals surface area contributed by atoms with Gasteiger partial charge in [0.1, 0.15) is 0 Å². The molecule has 24 heavy (non-hydrogen) atoms. The summed E-state index contributed by atoms with van der Waals surface area (Å²) < 4.78 is 5.17. The number of carbonyl (C=O) groups is 2. The summed E-state index contributed by atoms with van der Waals surface area (Å²) in [6.07, 6.45) is 6.90. The Bertz CT molecular complexity index is 643. The highest BCUT2D eigenvalue weighted by Crippen LogP contribution is 2.22. The summed E-state index contributed by atoms with van der Waals surface area (Å²) in [5, 5.41) is 3.43. The first kappa shape index (κ1) is 18.8. The van der Waals surface area contributed by atoms with Crippen LogP contribution >= 0.6 is 23.2 Å². The van der Waals surface area contributed by atoms with Gasteiger partial charge in [-0.05, 0) is 57.2 Å². The molecular weight excluding hydrogens is 349 g/mol. The van der Waals surface area contributed by atoms with Crippen LogP contribution in [0.15, 0.2) is 29.8 Å². The molecule has 1 N–H and O–H groups in total. The summed E-state index contributed by atoms with van der Waals surface area (Å²) >= 11 is 11.8. The molecule has 1 aliphatic carbocycles. The highest BCUT2D eigenvalue weighted by atomic mass is 35.5. The fourth-order valence-electron chi connectivity index (χ4n) is 2.55. The zero-order valence-electron chi connectivity index (χ0n) is 13.6. The lowest BCUT2D eigenvalue weighted by Gasteiger charge is -2.16. The lowest BCUT2D eigenvalue weighted by Crippen LogP contribution is -2.36. The van der Waals surface area contributed by atoms with Crippen molar-refractivity contribution in [1.82, 2.24) is 5.32 Å². The van der Waals surface area contributed by atoms with E-state index in [4.69, 9.17) is 27.9 Å². The number of esters is 1. The van der Waals surface area contributed by atoms with Crippen molar-refractivity contribution < 1.29 is 14.3 Å². The molecule has 0 aliphatic heterocycles. The summed E-state index contributed by atoms with van der Waals surface area (Å²) in [6, 6.07) is 4.49. The Morgan fingerprint density at radius 2 is 2.08 bits per heavy atom. The predicted octanol–water partition coefficient (Wildman–Crippen LogP) is 4.55. The van der Waals surface area contributed by atoms with Crippen molar-refractivity contribution in [3.8, 4) is 0 Å². The predicted molar refractivity (Wildman–Crippen MR) is 95.5 cm³/mol. The van der Waals surface area contributed by atoms with Crippen molar-refractivity contribution in [2.24, 2.45) is 0 Å². The van der Waals surface area contributed by atoms with Gasteiger partial charge in [0.15, 0.2) is 6.10 Å². The van der Waals surface area contributed by atoms with Crippen LogP contribution in [0, 0.1) is 0 Å². The number of halogens is 2. The highest BCUT2D eigenvalue weighted by Gasteiger charge is 2.20. The van der Waals surface area contributed by atoms with Crippen LogP contribution in [-0.4, -0.2) is 24.5 Å². The van der Waals surface area contributed by atoms with Gasteiger partial charge < -0.3 is 10.1 Å². The van der Waals surface area contributed by atoms with Gasteiger partial charge in [0.25, 0.3) is 5.91 Å². The van der Waals surface area contributed by atoms with Gasteiger partial charge in [-0.3, -0.25) is 4.79 Å². The standard InChI is InChI=1S/C18H21Cl2NO3/c1-12(17(22)21-10-9-13-5-3-2-4-6-13)24-18(23)15-8-7-14(19)11-16(15)20/h5,7-8,11-12H,2-4,6,9-10H2,1H3,(H,21,22)/t12-/m1/s1. The van der Waals surface area contributed by atoms with Crippen molar-refractivity contribution in [2.45, 2.75) is 45.1 Å². The van der Waals surface area contributed by atoms with E-state index in [9.17, 15) is 9.59 Å². The van der Waals surface area contributed by atoms with Crippen LogP contribution in [0.5, 0.6) is 0 Å². The zero-order chi connectivity index (χ0) is 17.5. The Morgan fingerprint density at radius 3 is 2.75 bits per heavy atom. The van der Waals surface area contributed by atoms with Crippen molar-refractivity contribution in [3.63, 3.8) is 0 Å². The van der Waals surface area contributed by atoms with E-state index >= 15 is 0 Å². The average Bonchev–Trinajstić information content (AvgIpc) is 2.55. The van der Waals surface area contributed by atoms with Gasteiger partial charge in [-0.1, -0.05) is 34.9 Å². The van der Waals surface area contributed by atoms with E-state index in [1.165, 1.54) is 37.5 Å². The molecule has 0 unspecified atom stereocenters. The number of amides is 1. The number of rotatable bonds is 6. The molecule has 0 fully saturated rings. The minimum Gasteiger partial charge on any atom is -0.449 e. The Hall–Kier alpha value is -1.52. The second-order valence-corrected chi connectivity index (χ2v) is 6.66. The van der Waals surface area contributed by atoms with E-state index in [0.717, 1.165) is 19.3 Å². The van der Waals surface area contributed by atoms with Crippen LogP contribution in [0.2, 0.25) is 10.0 Å². The molecule has 1 aliphatic rings. The Labute approximate surface area is 152 Å². The molecule has 0 aromatic heterocycles. The topological polar surface area (TPSA) is 55.4 Å². The number of allylic oxidation sites excluding steroid dienone is 1. The first-order valence-electron chi connectivity index (χ1n) is 8.09. The van der Waals surface area contributed by atoms with E-state index in [0.29, 0.717) is 11.6 Å². The SMILES string of the molecule is C[C@@H](OC(=O)c1ccc(Cl)cc1Cl)C(=O)NCCC1=CCCCC1. The normalized spacial score (nSPS) is 15.4. The lowest BCUT2D eigenvalue weighted by molar-refractivity contribution is -0.129. The number of carbonyl (C=O) groups excluding carboxylic acids is 2. The zero-order valence-corrected chi connectivity index (χ0v) is 15.1. The quantitative estimate of drug-likeness (QED) is 0.591. The molecule has 1 aromatic carbocycles. The summed E-state index contributed by atoms with van der Waals surface area (Å²) in [5.74, 6) is -0.959. The molecule has 130 valence electrons. The third-order valence-corrected chi connectivity index (χ3v) is 4.48. The fraction of sp³-hybridized carbons (Fsp3) is 0.444. The summed E-state index contributed by atoms with van der Waals surface area (Å²) in [4.78, 5) is 24.1. The third-order valence-electron chi connectivity index (χ3n) is 3.93. The molecule has 4 nitrogen and oxygen atoms in total. The van der Waals surface area contributed by atoms with Gasteiger partial charge in [-0.25, -0.2) is 4.79 Å². The number of hydrogen-bond donors (Lipinski definition) is 1. The maximum atomic E-state index is 12.1. The monoisotopic (exact) mass is 369 g/mol. The molecule has 1 amide bonds. The number of ether oxygens (including phenoxy) is 1. The molecule has 0 saturated heterocycles. The van der Waals surface area contributed by atoms with Crippen molar-refractivity contribution >= 4 is 35.1 Å². The van der Waals surface area contributed by atoms with E-state index < -0.39 is 12.1 Å². The van der Waals surface area contributed by atoms with E-state index in [-0.39, 0.29) is 16.5 Å². The number of nitrogens with one attached hydrogen (secondary N) is 1. The maximum Gasteiger partial charge on any atom is 0.340 e. The van der Waals surface area contributed by atoms with E-state index in [1.807, 2.05) is 0 Å². The Kier molecular flexibility index (Phi) is 7.13. The smallest absolute Gasteiger partial charge is 0.340 e. The van der Waals surface area contributed by atoms with Crippen LogP contribution in [0.25, 0.3) is 0 Å². The second-order valence-electron chi connectivity index (χ2n) is 5.82. The van der Waals surface area contributed by atoms with E-state index in [2.05, 4.69) is 11.4 Å². The van der Waals surface area contributed by atoms with Crippen LogP contribution in [0.3, 0.4) is 0 Å². The molecule has 0 heterocycles. The number of hydrogen-bond acceptors (Lipinski definition) is 3. The van der Waals surface area contributed by atoms with Crippen molar-refractivity contribution in [1.29, 1.82) is 0 Å². The van der Waals surface area contributed by atoms with Gasteiger partial charge in [-0.2, -0.15) is 0 Å². The minimum absolute atomic E-state index is 0.188. The summed E-state index contributed by atoms with van der Waals surface area (Å²) in [6.45, 7) is 2.09. The molecule has 1 atom stereocenters. The minimum atomic E-state index is -0.885. The molecule has 0 radical (unpaired) electrons. The lowest BCUT2D eigenvalue weighted by atomic mass is 9.97.